The third-order valence-corrected chi connectivity index (χ3v) is 26.6. The zero-order valence-corrected chi connectivity index (χ0v) is 59.2. The summed E-state index contributed by atoms with van der Waals surface area (Å²) in [5, 5.41) is 2.44. The van der Waals surface area contributed by atoms with Gasteiger partial charge in [-0.15, -0.1) is 0 Å². The lowest BCUT2D eigenvalue weighted by Crippen LogP contribution is -2.61. The minimum absolute atomic E-state index is 0.266. The average molecular weight is 1380 g/mol. The van der Waals surface area contributed by atoms with E-state index in [0.29, 0.717) is 0 Å². The van der Waals surface area contributed by atoms with Crippen molar-refractivity contribution in [3.63, 3.8) is 0 Å². The summed E-state index contributed by atoms with van der Waals surface area (Å²) in [5.74, 6) is 0. The maximum atomic E-state index is 2.74. The minimum Gasteiger partial charge on any atom is -0.311 e. The van der Waals surface area contributed by atoms with E-state index in [-0.39, 0.29) is 6.71 Å². The van der Waals surface area contributed by atoms with Crippen LogP contribution in [-0.2, 0) is 16.2 Å². The fourth-order valence-corrected chi connectivity index (χ4v) is 22.7. The Hall–Kier alpha value is -13.8. The molecule has 0 fully saturated rings. The Morgan fingerprint density at radius 1 is 0.193 bits per heavy atom. The lowest BCUT2D eigenvalue weighted by Gasteiger charge is -2.45. The topological polar surface area (TPSA) is 11.4 Å². The van der Waals surface area contributed by atoms with Crippen molar-refractivity contribution in [1.29, 1.82) is 0 Å². The lowest BCUT2D eigenvalue weighted by atomic mass is 9.33. The molecule has 3 heterocycles. The van der Waals surface area contributed by atoms with E-state index in [2.05, 4.69) is 390 Å². The SMILES string of the molecule is c1ccc(-c2ccc(N3c4cc5c(cc4B4c6cc7c(cc6N(c6ccc8c(c6)-c6ccccc6C86c8ccccc8-c8ccccc86)c6cc(-n8c9ccccc9c9ccccc98)cc3c64)C3(c4ccccc4-c4ccccc43)c3ccccc3-7)-c3ccccc3C53c4ccccc4-c4ccccc43)cc2)cc1. The van der Waals surface area contributed by atoms with Crippen LogP contribution in [0.5, 0.6) is 0 Å². The van der Waals surface area contributed by atoms with E-state index in [1.165, 1.54) is 183 Å². The average Bonchev–Trinajstić information content (AvgIpc) is 1.58. The minimum atomic E-state index is -0.623. The summed E-state index contributed by atoms with van der Waals surface area (Å²) in [5.41, 5.74) is 46.0. The van der Waals surface area contributed by atoms with Gasteiger partial charge in [0.15, 0.2) is 0 Å². The quantitative estimate of drug-likeness (QED) is 0.163. The highest BCUT2D eigenvalue weighted by molar-refractivity contribution is 7.00. The first-order valence-electron chi connectivity index (χ1n) is 38.4. The molecule has 18 aromatic rings. The molecule has 6 aliphatic carbocycles. The van der Waals surface area contributed by atoms with Crippen molar-refractivity contribution in [1.82, 2.24) is 4.57 Å². The van der Waals surface area contributed by atoms with E-state index in [0.717, 1.165) is 39.5 Å². The van der Waals surface area contributed by atoms with Crippen LogP contribution in [0.2, 0.25) is 0 Å². The number of hydrogen-bond donors (Lipinski definition) is 0. The van der Waals surface area contributed by atoms with Crippen molar-refractivity contribution in [2.45, 2.75) is 16.2 Å². The molecule has 3 nitrogen and oxygen atoms in total. The van der Waals surface area contributed by atoms with Crippen LogP contribution < -0.4 is 26.2 Å². The van der Waals surface area contributed by atoms with Gasteiger partial charge in [-0.05, 0) is 222 Å². The Balaban J connectivity index is 0.829. The van der Waals surface area contributed by atoms with Gasteiger partial charge in [-0.25, -0.2) is 0 Å². The lowest BCUT2D eigenvalue weighted by molar-refractivity contribution is 0.793. The normalized spacial score (nSPS) is 15.0. The van der Waals surface area contributed by atoms with E-state index >= 15 is 0 Å². The smallest absolute Gasteiger partial charge is 0.252 e. The maximum Gasteiger partial charge on any atom is 0.252 e. The molecule has 17 aromatic carbocycles. The molecule has 2 aliphatic heterocycles. The largest absolute Gasteiger partial charge is 0.311 e. The van der Waals surface area contributed by atoms with Crippen LogP contribution in [-0.4, -0.2) is 11.3 Å². The maximum absolute atomic E-state index is 2.74. The third-order valence-electron chi connectivity index (χ3n) is 26.6. The van der Waals surface area contributed by atoms with Gasteiger partial charge in [0.25, 0.3) is 6.71 Å². The van der Waals surface area contributed by atoms with Crippen molar-refractivity contribution in [2.75, 3.05) is 9.80 Å². The zero-order chi connectivity index (χ0) is 70.7. The number of fused-ring (bicyclic) bond motifs is 37. The molecule has 109 heavy (non-hydrogen) atoms. The molecule has 0 bridgehead atoms. The van der Waals surface area contributed by atoms with Gasteiger partial charge in [0.05, 0.1) is 33.0 Å². The fraction of sp³-hybridized carbons (Fsp3) is 0.0286. The molecule has 0 atom stereocenters. The number of hydrogen-bond acceptors (Lipinski definition) is 2. The van der Waals surface area contributed by atoms with Gasteiger partial charge in [-0.1, -0.05) is 315 Å². The Kier molecular flexibility index (Phi) is 11.2. The first-order valence-corrected chi connectivity index (χ1v) is 38.4. The van der Waals surface area contributed by atoms with Gasteiger partial charge in [-0.3, -0.25) is 0 Å². The summed E-state index contributed by atoms with van der Waals surface area (Å²) in [6.45, 7) is -0.266. The summed E-state index contributed by atoms with van der Waals surface area (Å²) in [4.78, 5) is 5.42. The molecule has 0 N–H and O–H groups in total. The molecular weight excluding hydrogens is 1310 g/mol. The van der Waals surface area contributed by atoms with E-state index < -0.39 is 16.2 Å². The van der Waals surface area contributed by atoms with Crippen molar-refractivity contribution < 1.29 is 0 Å². The van der Waals surface area contributed by atoms with E-state index in [1.54, 1.807) is 0 Å². The summed E-state index contributed by atoms with van der Waals surface area (Å²) in [6.07, 6.45) is 0. The van der Waals surface area contributed by atoms with Gasteiger partial charge in [0.2, 0.25) is 0 Å². The molecule has 8 aliphatic rings. The van der Waals surface area contributed by atoms with Gasteiger partial charge in [0.1, 0.15) is 0 Å². The number of benzene rings is 17. The van der Waals surface area contributed by atoms with E-state index in [4.69, 9.17) is 0 Å². The number of nitrogens with zero attached hydrogens (tertiary/aromatic N) is 3. The van der Waals surface area contributed by atoms with Gasteiger partial charge < -0.3 is 14.4 Å². The van der Waals surface area contributed by atoms with Crippen LogP contribution in [0.25, 0.3) is 105 Å². The summed E-state index contributed by atoms with van der Waals surface area (Å²) >= 11 is 0. The highest BCUT2D eigenvalue weighted by Crippen LogP contribution is 2.68. The van der Waals surface area contributed by atoms with Crippen LogP contribution in [0.3, 0.4) is 0 Å². The number of rotatable bonds is 4. The van der Waals surface area contributed by atoms with Gasteiger partial charge in [0, 0.05) is 44.9 Å². The first kappa shape index (κ1) is 58.5. The summed E-state index contributed by atoms with van der Waals surface area (Å²) in [7, 11) is 0. The van der Waals surface area contributed by atoms with Crippen molar-refractivity contribution in [3.05, 3.63) is 443 Å². The molecule has 0 amide bonds. The van der Waals surface area contributed by atoms with E-state index in [9.17, 15) is 0 Å². The van der Waals surface area contributed by atoms with Crippen LogP contribution in [0.4, 0.5) is 34.1 Å². The Morgan fingerprint density at radius 2 is 0.486 bits per heavy atom. The zero-order valence-electron chi connectivity index (χ0n) is 59.2. The van der Waals surface area contributed by atoms with Gasteiger partial charge >= 0.3 is 0 Å². The van der Waals surface area contributed by atoms with Crippen LogP contribution in [0.1, 0.15) is 66.8 Å². The molecule has 3 spiro atoms. The van der Waals surface area contributed by atoms with Crippen molar-refractivity contribution >= 4 is 79.0 Å². The fourth-order valence-electron chi connectivity index (χ4n) is 22.7. The predicted molar refractivity (Wildman–Crippen MR) is 449 cm³/mol. The highest BCUT2D eigenvalue weighted by Gasteiger charge is 2.57. The highest BCUT2D eigenvalue weighted by atomic mass is 15.2. The molecule has 0 radical (unpaired) electrons. The monoisotopic (exact) mass is 1380 g/mol. The summed E-state index contributed by atoms with van der Waals surface area (Å²) in [6, 6.07) is 146. The third kappa shape index (κ3) is 7.00. The van der Waals surface area contributed by atoms with Gasteiger partial charge in [-0.2, -0.15) is 0 Å². The number of para-hydroxylation sites is 2. The molecule has 0 saturated carbocycles. The second-order valence-corrected chi connectivity index (χ2v) is 31.1. The summed E-state index contributed by atoms with van der Waals surface area (Å²) < 4.78 is 2.56. The molecule has 26 rings (SSSR count). The van der Waals surface area contributed by atoms with E-state index in [1.807, 2.05) is 0 Å². The Bertz CT molecular complexity index is 6960. The standard InChI is InChI=1S/C105H62BN3/c1-2-26-63(27-3-1)64-50-52-65(53-51-64)107-98-61-92-80(75-35-11-22-46-89(75)104(92)84-41-17-6-30-70(84)71-31-7-18-42-85(71)104)59-94(98)106-95-60-81-76-36-12-23-47-90(76)105(86-43-19-8-32-72(86)73-33-9-20-44-87(73)105)93(81)62-99(95)108(101-58-67(57-100(107)102(101)106)109-96-48-24-13-37-77(96)78-38-14-25-49-97(78)109)66-54-55-91-79(56-66)74-34-10-21-45-88(74)103(91)82-39-15-4-28-68(82)69-29-5-16-40-83(69)103/h1-62H. The van der Waals surface area contributed by atoms with Crippen LogP contribution in [0, 0.1) is 0 Å². The van der Waals surface area contributed by atoms with Crippen LogP contribution in [0.15, 0.2) is 376 Å². The molecule has 0 saturated heterocycles. The van der Waals surface area contributed by atoms with Crippen LogP contribution >= 0.6 is 0 Å². The molecule has 500 valence electrons. The Morgan fingerprint density at radius 3 is 0.881 bits per heavy atom. The first-order chi connectivity index (χ1) is 54.1. The molecule has 0 unspecified atom stereocenters. The van der Waals surface area contributed by atoms with Crippen molar-refractivity contribution in [3.8, 4) is 83.6 Å². The van der Waals surface area contributed by atoms with Crippen molar-refractivity contribution in [2.24, 2.45) is 0 Å². The molecule has 4 heteroatoms. The Labute approximate surface area is 631 Å². The second-order valence-electron chi connectivity index (χ2n) is 31.1. The number of anilines is 6. The predicted octanol–water partition coefficient (Wildman–Crippen LogP) is 23.6. The number of aromatic nitrogens is 1. The molecular formula is C105H62BN3. The second kappa shape index (κ2) is 20.8. The molecule has 1 aromatic heterocycles.